The van der Waals surface area contributed by atoms with E-state index in [1.54, 1.807) is 0 Å². The summed E-state index contributed by atoms with van der Waals surface area (Å²) in [5.41, 5.74) is 4.94. The van der Waals surface area contributed by atoms with Gasteiger partial charge >= 0.3 is 0 Å². The highest BCUT2D eigenvalue weighted by Crippen LogP contribution is 2.21. The summed E-state index contributed by atoms with van der Waals surface area (Å²) in [6, 6.07) is 4.36. The third-order valence-corrected chi connectivity index (χ3v) is 2.51. The molecule has 0 spiro atoms. The van der Waals surface area contributed by atoms with Gasteiger partial charge < -0.3 is 0 Å². The largest absolute Gasteiger partial charge is 0.0985 e. The van der Waals surface area contributed by atoms with Crippen molar-refractivity contribution < 1.29 is 0 Å². The van der Waals surface area contributed by atoms with Crippen molar-refractivity contribution in [3.63, 3.8) is 0 Å². The first-order valence-electron chi connectivity index (χ1n) is 5.31. The third kappa shape index (κ3) is 2.47. The molecular formula is C15H18. The van der Waals surface area contributed by atoms with Crippen molar-refractivity contribution in [3.8, 4) is 0 Å². The number of rotatable bonds is 4. The molecule has 15 heavy (non-hydrogen) atoms. The van der Waals surface area contributed by atoms with Gasteiger partial charge in [-0.1, -0.05) is 50.5 Å². The van der Waals surface area contributed by atoms with Crippen molar-refractivity contribution in [2.24, 2.45) is 0 Å². The molecule has 0 heteroatoms. The smallest absolute Gasteiger partial charge is 0.0184 e. The predicted octanol–water partition coefficient (Wildman–Crippen LogP) is 4.57. The monoisotopic (exact) mass is 198 g/mol. The highest BCUT2D eigenvalue weighted by atomic mass is 14.1. The quantitative estimate of drug-likeness (QED) is 0.665. The summed E-state index contributed by atoms with van der Waals surface area (Å²) >= 11 is 0. The van der Waals surface area contributed by atoms with Crippen LogP contribution in [0.3, 0.4) is 0 Å². The van der Waals surface area contributed by atoms with Gasteiger partial charge in [-0.25, -0.2) is 0 Å². The molecule has 0 amide bonds. The van der Waals surface area contributed by atoms with Crippen molar-refractivity contribution in [2.45, 2.75) is 20.3 Å². The van der Waals surface area contributed by atoms with Crippen molar-refractivity contribution in [3.05, 3.63) is 53.6 Å². The first-order valence-corrected chi connectivity index (χ1v) is 5.31. The Kier molecular flexibility index (Phi) is 4.11. The molecule has 1 aromatic carbocycles. The Bertz CT molecular complexity index is 395. The number of hydrogen-bond acceptors (Lipinski definition) is 0. The van der Waals surface area contributed by atoms with Crippen LogP contribution in [0.15, 0.2) is 31.4 Å². The average Bonchev–Trinajstić information content (AvgIpc) is 2.28. The van der Waals surface area contributed by atoms with Gasteiger partial charge in [0.2, 0.25) is 0 Å². The second-order valence-electron chi connectivity index (χ2n) is 3.44. The SMILES string of the molecule is C=Cc1cc(C=C)c(CC)cc1/C=C\C. The van der Waals surface area contributed by atoms with E-state index in [1.165, 1.54) is 22.3 Å². The molecule has 78 valence electrons. The normalized spacial score (nSPS) is 10.5. The maximum atomic E-state index is 3.84. The number of allylic oxidation sites excluding steroid dienone is 1. The van der Waals surface area contributed by atoms with Crippen molar-refractivity contribution in [1.82, 2.24) is 0 Å². The molecule has 0 fully saturated rings. The van der Waals surface area contributed by atoms with Gasteiger partial charge in [-0.3, -0.25) is 0 Å². The van der Waals surface area contributed by atoms with Crippen LogP contribution in [-0.4, -0.2) is 0 Å². The lowest BCUT2D eigenvalue weighted by Gasteiger charge is -2.09. The van der Waals surface area contributed by atoms with Gasteiger partial charge in [-0.2, -0.15) is 0 Å². The van der Waals surface area contributed by atoms with Crippen molar-refractivity contribution in [2.75, 3.05) is 0 Å². The fourth-order valence-electron chi connectivity index (χ4n) is 1.69. The standard InChI is InChI=1S/C15H18/c1-5-9-15-11-13(7-3)12(6-2)10-14(15)8-4/h5-6,8-11H,2,4,7H2,1,3H3/b9-5-. The van der Waals surface area contributed by atoms with E-state index in [-0.39, 0.29) is 0 Å². The minimum atomic E-state index is 1.03. The van der Waals surface area contributed by atoms with Gasteiger partial charge in [0.25, 0.3) is 0 Å². The minimum absolute atomic E-state index is 1.03. The molecule has 0 atom stereocenters. The minimum Gasteiger partial charge on any atom is -0.0985 e. The lowest BCUT2D eigenvalue weighted by Crippen LogP contribution is -1.91. The molecule has 0 N–H and O–H groups in total. The molecule has 1 aromatic rings. The maximum absolute atomic E-state index is 3.84. The van der Waals surface area contributed by atoms with E-state index in [1.807, 2.05) is 19.1 Å². The highest BCUT2D eigenvalue weighted by molar-refractivity contribution is 5.69. The summed E-state index contributed by atoms with van der Waals surface area (Å²) in [6.07, 6.45) is 8.99. The summed E-state index contributed by atoms with van der Waals surface area (Å²) < 4.78 is 0. The Hall–Kier alpha value is -1.56. The fourth-order valence-corrected chi connectivity index (χ4v) is 1.69. The molecule has 0 saturated carbocycles. The van der Waals surface area contributed by atoms with E-state index in [0.29, 0.717) is 0 Å². The van der Waals surface area contributed by atoms with Gasteiger partial charge in [0.05, 0.1) is 0 Å². The van der Waals surface area contributed by atoms with Gasteiger partial charge in [0, 0.05) is 0 Å². The molecule has 0 aliphatic rings. The van der Waals surface area contributed by atoms with Crippen LogP contribution < -0.4 is 0 Å². The van der Waals surface area contributed by atoms with Crippen LogP contribution in [0.5, 0.6) is 0 Å². The number of hydrogen-bond donors (Lipinski definition) is 0. The molecule has 0 bridgehead atoms. The summed E-state index contributed by atoms with van der Waals surface area (Å²) in [7, 11) is 0. The van der Waals surface area contributed by atoms with E-state index in [0.717, 1.165) is 6.42 Å². The zero-order valence-corrected chi connectivity index (χ0v) is 9.59. The summed E-state index contributed by atoms with van der Waals surface area (Å²) in [6.45, 7) is 11.9. The van der Waals surface area contributed by atoms with Crippen LogP contribution >= 0.6 is 0 Å². The van der Waals surface area contributed by atoms with Crippen LogP contribution in [0.1, 0.15) is 36.1 Å². The van der Waals surface area contributed by atoms with Crippen molar-refractivity contribution in [1.29, 1.82) is 0 Å². The fraction of sp³-hybridized carbons (Fsp3) is 0.200. The van der Waals surface area contributed by atoms with Crippen LogP contribution in [-0.2, 0) is 6.42 Å². The van der Waals surface area contributed by atoms with Crippen LogP contribution in [0.25, 0.3) is 18.2 Å². The first-order chi connectivity index (χ1) is 7.26. The Labute approximate surface area is 92.6 Å². The molecule has 0 aliphatic heterocycles. The van der Waals surface area contributed by atoms with Gasteiger partial charge in [0.15, 0.2) is 0 Å². The van der Waals surface area contributed by atoms with E-state index < -0.39 is 0 Å². The molecule has 1 rings (SSSR count). The molecule has 0 saturated heterocycles. The molecular weight excluding hydrogens is 180 g/mol. The van der Waals surface area contributed by atoms with Gasteiger partial charge in [-0.15, -0.1) is 0 Å². The molecule has 0 heterocycles. The summed E-state index contributed by atoms with van der Waals surface area (Å²) in [4.78, 5) is 0. The van der Waals surface area contributed by atoms with E-state index >= 15 is 0 Å². The molecule has 0 nitrogen and oxygen atoms in total. The lowest BCUT2D eigenvalue weighted by atomic mass is 9.96. The van der Waals surface area contributed by atoms with Gasteiger partial charge in [-0.05, 0) is 41.7 Å². The second kappa shape index (κ2) is 5.35. The molecule has 0 unspecified atom stereocenters. The van der Waals surface area contributed by atoms with E-state index in [2.05, 4.69) is 44.4 Å². The number of aryl methyl sites for hydroxylation is 1. The third-order valence-electron chi connectivity index (χ3n) is 2.51. The molecule has 0 aliphatic carbocycles. The highest BCUT2D eigenvalue weighted by Gasteiger charge is 2.02. The van der Waals surface area contributed by atoms with Crippen molar-refractivity contribution >= 4 is 18.2 Å². The van der Waals surface area contributed by atoms with Crippen LogP contribution in [0.2, 0.25) is 0 Å². The van der Waals surface area contributed by atoms with Crippen LogP contribution in [0.4, 0.5) is 0 Å². The van der Waals surface area contributed by atoms with Crippen LogP contribution in [0, 0.1) is 0 Å². The van der Waals surface area contributed by atoms with E-state index in [9.17, 15) is 0 Å². The average molecular weight is 198 g/mol. The van der Waals surface area contributed by atoms with E-state index in [4.69, 9.17) is 0 Å². The predicted molar refractivity (Wildman–Crippen MR) is 70.7 cm³/mol. The molecule has 0 aromatic heterocycles. The zero-order valence-electron chi connectivity index (χ0n) is 9.59. The Morgan fingerprint density at radius 1 is 1.07 bits per heavy atom. The summed E-state index contributed by atoms with van der Waals surface area (Å²) in [5, 5.41) is 0. The summed E-state index contributed by atoms with van der Waals surface area (Å²) in [5.74, 6) is 0. The second-order valence-corrected chi connectivity index (χ2v) is 3.44. The Balaban J connectivity index is 3.39. The lowest BCUT2D eigenvalue weighted by molar-refractivity contribution is 1.13. The maximum Gasteiger partial charge on any atom is -0.0184 e. The molecule has 0 radical (unpaired) electrons. The number of benzene rings is 1. The van der Waals surface area contributed by atoms with Gasteiger partial charge in [0.1, 0.15) is 0 Å². The first kappa shape index (κ1) is 11.5. The topological polar surface area (TPSA) is 0 Å². The Morgan fingerprint density at radius 3 is 2.20 bits per heavy atom. The zero-order chi connectivity index (χ0) is 11.3. The Morgan fingerprint density at radius 2 is 1.73 bits per heavy atom.